The van der Waals surface area contributed by atoms with Gasteiger partial charge >= 0.3 is 0 Å². The van der Waals surface area contributed by atoms with Crippen LogP contribution >= 0.6 is 35.2 Å². The van der Waals surface area contributed by atoms with E-state index in [9.17, 15) is 4.79 Å². The molecule has 0 aliphatic heterocycles. The van der Waals surface area contributed by atoms with Crippen molar-refractivity contribution in [3.63, 3.8) is 0 Å². The predicted molar refractivity (Wildman–Crippen MR) is 136 cm³/mol. The molecule has 0 aliphatic carbocycles. The molecule has 4 aromatic rings. The fourth-order valence-corrected chi connectivity index (χ4v) is 4.53. The summed E-state index contributed by atoms with van der Waals surface area (Å²) in [6.07, 6.45) is 0. The third kappa shape index (κ3) is 5.24. The molecular weight excluding hydrogens is 462 g/mol. The number of anilines is 1. The Labute approximate surface area is 200 Å². The highest BCUT2D eigenvalue weighted by atomic mass is 35.5. The summed E-state index contributed by atoms with van der Waals surface area (Å²) in [5.41, 5.74) is 4.62. The van der Waals surface area contributed by atoms with Gasteiger partial charge < -0.3 is 10.1 Å². The lowest BCUT2D eigenvalue weighted by molar-refractivity contribution is -0.121. The average molecular weight is 482 g/mol. The first-order chi connectivity index (χ1) is 15.4. The topological polar surface area (TPSA) is 63.2 Å². The zero-order chi connectivity index (χ0) is 22.7. The van der Waals surface area contributed by atoms with E-state index in [-0.39, 0.29) is 17.6 Å². The van der Waals surface area contributed by atoms with Gasteiger partial charge in [-0.05, 0) is 73.6 Å². The van der Waals surface area contributed by atoms with Crippen LogP contribution in [0.4, 0.5) is 5.69 Å². The van der Waals surface area contributed by atoms with Crippen LogP contribution in [0.2, 0.25) is 5.02 Å². The Bertz CT molecular complexity index is 1290. The Morgan fingerprint density at radius 2 is 1.91 bits per heavy atom. The van der Waals surface area contributed by atoms with Crippen molar-refractivity contribution in [3.05, 3.63) is 76.8 Å². The molecule has 162 valence electrons. The molecule has 0 saturated carbocycles. The van der Waals surface area contributed by atoms with E-state index in [0.29, 0.717) is 10.8 Å². The minimum absolute atomic E-state index is 0.158. The lowest BCUT2D eigenvalue weighted by Crippen LogP contribution is -2.37. The van der Waals surface area contributed by atoms with Gasteiger partial charge in [-0.25, -0.2) is 4.98 Å². The largest absolute Gasteiger partial charge is 0.483 e. The number of rotatable bonds is 5. The minimum Gasteiger partial charge on any atom is -0.483 e. The number of para-hydroxylation sites is 1. The lowest BCUT2D eigenvalue weighted by Gasteiger charge is -2.13. The molecular formula is C24H20ClN3O2S2. The van der Waals surface area contributed by atoms with Crippen molar-refractivity contribution in [2.45, 2.75) is 13.8 Å². The second-order valence-corrected chi connectivity index (χ2v) is 9.09. The van der Waals surface area contributed by atoms with E-state index in [1.54, 1.807) is 29.5 Å². The van der Waals surface area contributed by atoms with Crippen LogP contribution < -0.4 is 15.4 Å². The van der Waals surface area contributed by atoms with Crippen LogP contribution in [0.15, 0.2) is 60.7 Å². The molecule has 0 atom stereocenters. The second kappa shape index (κ2) is 9.65. The number of nitrogens with zero attached hydrogens (tertiary/aromatic N) is 1. The molecule has 2 N–H and O–H groups in total. The molecule has 0 saturated heterocycles. The summed E-state index contributed by atoms with van der Waals surface area (Å²) in [5, 5.41) is 7.51. The molecule has 0 radical (unpaired) electrons. The van der Waals surface area contributed by atoms with E-state index in [1.165, 1.54) is 0 Å². The van der Waals surface area contributed by atoms with Gasteiger partial charge in [0, 0.05) is 16.3 Å². The normalized spacial score (nSPS) is 10.7. The molecule has 0 spiro atoms. The number of benzene rings is 3. The van der Waals surface area contributed by atoms with Gasteiger partial charge in [0.25, 0.3) is 5.91 Å². The minimum atomic E-state index is -0.350. The zero-order valence-electron chi connectivity index (χ0n) is 17.4. The molecule has 0 unspecified atom stereocenters. The summed E-state index contributed by atoms with van der Waals surface area (Å²) in [5.74, 6) is 0.250. The molecule has 0 fully saturated rings. The molecule has 4 rings (SSSR count). The molecule has 5 nitrogen and oxygen atoms in total. The zero-order valence-corrected chi connectivity index (χ0v) is 19.8. The first-order valence-corrected chi connectivity index (χ1v) is 11.5. The van der Waals surface area contributed by atoms with Gasteiger partial charge in [-0.2, -0.15) is 0 Å². The van der Waals surface area contributed by atoms with Crippen molar-refractivity contribution in [3.8, 4) is 16.3 Å². The monoisotopic (exact) mass is 481 g/mol. The van der Waals surface area contributed by atoms with E-state index >= 15 is 0 Å². The first-order valence-electron chi connectivity index (χ1n) is 9.85. The van der Waals surface area contributed by atoms with Crippen molar-refractivity contribution in [1.29, 1.82) is 0 Å². The summed E-state index contributed by atoms with van der Waals surface area (Å²) in [6.45, 7) is 3.68. The highest BCUT2D eigenvalue weighted by molar-refractivity contribution is 7.80. The number of halogens is 1. The quantitative estimate of drug-likeness (QED) is 0.336. The highest BCUT2D eigenvalue weighted by Gasteiger charge is 2.11. The van der Waals surface area contributed by atoms with Gasteiger partial charge in [-0.3, -0.25) is 10.1 Å². The smallest absolute Gasteiger partial charge is 0.264 e. The average Bonchev–Trinajstić information content (AvgIpc) is 3.19. The number of hydrogen-bond acceptors (Lipinski definition) is 5. The van der Waals surface area contributed by atoms with Crippen molar-refractivity contribution < 1.29 is 9.53 Å². The van der Waals surface area contributed by atoms with Crippen LogP contribution in [0.25, 0.3) is 20.8 Å². The molecule has 1 heterocycles. The van der Waals surface area contributed by atoms with Gasteiger partial charge in [0.2, 0.25) is 0 Å². The lowest BCUT2D eigenvalue weighted by atomic mass is 10.1. The Kier molecular flexibility index (Phi) is 6.69. The van der Waals surface area contributed by atoms with Gasteiger partial charge in [0.1, 0.15) is 10.8 Å². The Hall–Kier alpha value is -3.00. The summed E-state index contributed by atoms with van der Waals surface area (Å²) in [7, 11) is 0. The number of amides is 1. The van der Waals surface area contributed by atoms with Crippen LogP contribution in [0.1, 0.15) is 11.1 Å². The third-order valence-corrected chi connectivity index (χ3v) is 6.30. The number of hydrogen-bond donors (Lipinski definition) is 2. The van der Waals surface area contributed by atoms with Crippen LogP contribution in [-0.2, 0) is 4.79 Å². The fraction of sp³-hybridized carbons (Fsp3) is 0.125. The second-order valence-electron chi connectivity index (χ2n) is 7.22. The summed E-state index contributed by atoms with van der Waals surface area (Å²) < 4.78 is 6.70. The number of nitrogens with one attached hydrogen (secondary N) is 2. The Balaban J connectivity index is 1.40. The standard InChI is InChI=1S/C24H20ClN3O2S2/c1-14-7-8-16(23-26-18-5-3-4-6-21(18)32-23)12-19(14)27-24(31)28-22(29)13-30-20-10-9-17(25)11-15(20)2/h3-12H,13H2,1-2H3,(H2,27,28,29,31). The summed E-state index contributed by atoms with van der Waals surface area (Å²) in [4.78, 5) is 17.0. The number of carbonyl (C=O) groups is 1. The van der Waals surface area contributed by atoms with Crippen molar-refractivity contribution in [2.75, 3.05) is 11.9 Å². The molecule has 3 aromatic carbocycles. The molecule has 0 bridgehead atoms. The van der Waals surface area contributed by atoms with Gasteiger partial charge in [0.15, 0.2) is 11.7 Å². The van der Waals surface area contributed by atoms with Crippen molar-refractivity contribution in [1.82, 2.24) is 10.3 Å². The van der Waals surface area contributed by atoms with Crippen LogP contribution in [0.3, 0.4) is 0 Å². The number of fused-ring (bicyclic) bond motifs is 1. The number of carbonyl (C=O) groups excluding carboxylic acids is 1. The van der Waals surface area contributed by atoms with Crippen molar-refractivity contribution >= 4 is 62.1 Å². The number of ether oxygens (including phenoxy) is 1. The number of aromatic nitrogens is 1. The van der Waals surface area contributed by atoms with Crippen molar-refractivity contribution in [2.24, 2.45) is 0 Å². The van der Waals surface area contributed by atoms with Gasteiger partial charge in [-0.15, -0.1) is 11.3 Å². The molecule has 1 amide bonds. The molecule has 1 aromatic heterocycles. The van der Waals surface area contributed by atoms with Crippen LogP contribution in [-0.4, -0.2) is 22.6 Å². The molecule has 0 aliphatic rings. The van der Waals surface area contributed by atoms with Gasteiger partial charge in [0.05, 0.1) is 10.2 Å². The first kappa shape index (κ1) is 22.2. The summed E-state index contributed by atoms with van der Waals surface area (Å²) >= 11 is 12.9. The SMILES string of the molecule is Cc1ccc(-c2nc3ccccc3s2)cc1NC(=S)NC(=O)COc1ccc(Cl)cc1C. The summed E-state index contributed by atoms with van der Waals surface area (Å²) in [6, 6.07) is 19.3. The molecule has 32 heavy (non-hydrogen) atoms. The Morgan fingerprint density at radius 1 is 1.09 bits per heavy atom. The van der Waals surface area contributed by atoms with E-state index in [4.69, 9.17) is 33.5 Å². The third-order valence-electron chi connectivity index (χ3n) is 4.78. The van der Waals surface area contributed by atoms with E-state index in [0.717, 1.165) is 37.6 Å². The van der Waals surface area contributed by atoms with Crippen LogP contribution in [0.5, 0.6) is 5.75 Å². The highest BCUT2D eigenvalue weighted by Crippen LogP contribution is 2.32. The number of thiazole rings is 1. The maximum atomic E-state index is 12.3. The van der Waals surface area contributed by atoms with E-state index < -0.39 is 0 Å². The maximum absolute atomic E-state index is 12.3. The number of thiocarbonyl (C=S) groups is 1. The Morgan fingerprint density at radius 3 is 2.69 bits per heavy atom. The predicted octanol–water partition coefficient (Wildman–Crippen LogP) is 6.13. The van der Waals surface area contributed by atoms with Crippen LogP contribution in [0, 0.1) is 13.8 Å². The van der Waals surface area contributed by atoms with E-state index in [1.807, 2.05) is 50.2 Å². The van der Waals surface area contributed by atoms with E-state index in [2.05, 4.69) is 16.7 Å². The number of aryl methyl sites for hydroxylation is 2. The molecule has 8 heteroatoms. The fourth-order valence-electron chi connectivity index (χ4n) is 3.12. The maximum Gasteiger partial charge on any atom is 0.264 e. The van der Waals surface area contributed by atoms with Gasteiger partial charge in [-0.1, -0.05) is 35.9 Å².